The Balaban J connectivity index is 2.45. The fraction of sp³-hybridized carbons (Fsp3) is 0.800. The summed E-state index contributed by atoms with van der Waals surface area (Å²) in [6, 6.07) is 0. The van der Waals surface area contributed by atoms with Crippen molar-refractivity contribution in [1.29, 1.82) is 0 Å². The van der Waals surface area contributed by atoms with Crippen molar-refractivity contribution in [2.24, 2.45) is 0 Å². The minimum Gasteiger partial charge on any atom is -0.384 e. The molecule has 0 aliphatic heterocycles. The highest BCUT2D eigenvalue weighted by molar-refractivity contribution is 4.60. The molecule has 0 aromatic rings. The van der Waals surface area contributed by atoms with Crippen molar-refractivity contribution in [3.63, 3.8) is 0 Å². The molecule has 0 amide bonds. The number of alkyl halides is 1. The van der Waals surface area contributed by atoms with E-state index in [0.717, 1.165) is 0 Å². The molecular formula is C5H10FO. The molecule has 0 unspecified atom stereocenters. The third-order valence-electron chi connectivity index (χ3n) is 0.598. The van der Waals surface area contributed by atoms with Crippen LogP contribution in [0, 0.1) is 6.42 Å². The lowest BCUT2D eigenvalue weighted by atomic mass is 10.3. The van der Waals surface area contributed by atoms with Crippen molar-refractivity contribution in [1.82, 2.24) is 0 Å². The summed E-state index contributed by atoms with van der Waals surface area (Å²) < 4.78 is 15.9. The summed E-state index contributed by atoms with van der Waals surface area (Å²) in [4.78, 5) is 0. The van der Waals surface area contributed by atoms with Crippen molar-refractivity contribution in [3.8, 4) is 0 Å². The summed E-state index contributed by atoms with van der Waals surface area (Å²) in [6.45, 7) is 0.285. The van der Waals surface area contributed by atoms with Crippen LogP contribution < -0.4 is 0 Å². The van der Waals surface area contributed by atoms with E-state index in [1.165, 1.54) is 0 Å². The molecular weight excluding hydrogens is 95.1 g/mol. The van der Waals surface area contributed by atoms with Gasteiger partial charge in [-0.3, -0.25) is 4.39 Å². The van der Waals surface area contributed by atoms with Crippen molar-refractivity contribution in [2.75, 3.05) is 20.4 Å². The average molecular weight is 105 g/mol. The van der Waals surface area contributed by atoms with Crippen LogP contribution in [0.3, 0.4) is 0 Å². The second kappa shape index (κ2) is 5.89. The van der Waals surface area contributed by atoms with Gasteiger partial charge in [0.05, 0.1) is 6.67 Å². The fourth-order valence-corrected chi connectivity index (χ4v) is 0.278. The summed E-state index contributed by atoms with van der Waals surface area (Å²) in [7, 11) is 1.59. The summed E-state index contributed by atoms with van der Waals surface area (Å²) in [5.74, 6) is 0. The molecule has 0 spiro atoms. The molecule has 0 saturated heterocycles. The molecule has 0 aliphatic rings. The highest BCUT2D eigenvalue weighted by Crippen LogP contribution is 1.85. The third-order valence-corrected chi connectivity index (χ3v) is 0.598. The van der Waals surface area contributed by atoms with E-state index in [1.807, 2.05) is 0 Å². The quantitative estimate of drug-likeness (QED) is 0.488. The van der Waals surface area contributed by atoms with Crippen molar-refractivity contribution < 1.29 is 9.13 Å². The van der Waals surface area contributed by atoms with Crippen LogP contribution in [0.2, 0.25) is 0 Å². The third kappa shape index (κ3) is 5.89. The monoisotopic (exact) mass is 105 g/mol. The molecule has 1 radical (unpaired) electrons. The van der Waals surface area contributed by atoms with Gasteiger partial charge in [-0.05, 0) is 12.8 Å². The lowest BCUT2D eigenvalue weighted by Crippen LogP contribution is -1.89. The zero-order chi connectivity index (χ0) is 5.54. The lowest BCUT2D eigenvalue weighted by Gasteiger charge is -1.91. The topological polar surface area (TPSA) is 9.23 Å². The number of methoxy groups -OCH3 is 1. The highest BCUT2D eigenvalue weighted by atomic mass is 19.1. The molecule has 0 heterocycles. The van der Waals surface area contributed by atoms with E-state index in [-0.39, 0.29) is 6.67 Å². The summed E-state index contributed by atoms with van der Waals surface area (Å²) >= 11 is 0. The molecule has 2 heteroatoms. The van der Waals surface area contributed by atoms with Crippen LogP contribution in [0.1, 0.15) is 6.42 Å². The van der Waals surface area contributed by atoms with Gasteiger partial charge in [-0.25, -0.2) is 0 Å². The number of ether oxygens (including phenoxy) is 1. The Labute approximate surface area is 43.5 Å². The van der Waals surface area contributed by atoms with Gasteiger partial charge in [0, 0.05) is 13.7 Å². The van der Waals surface area contributed by atoms with E-state index < -0.39 is 0 Å². The van der Waals surface area contributed by atoms with Crippen LogP contribution >= 0.6 is 0 Å². The maximum absolute atomic E-state index is 11.2. The number of rotatable bonds is 4. The van der Waals surface area contributed by atoms with Crippen molar-refractivity contribution in [3.05, 3.63) is 6.42 Å². The van der Waals surface area contributed by atoms with E-state index >= 15 is 0 Å². The van der Waals surface area contributed by atoms with Crippen molar-refractivity contribution >= 4 is 0 Å². The van der Waals surface area contributed by atoms with Crippen LogP contribution in [0.25, 0.3) is 0 Å². The predicted molar refractivity (Wildman–Crippen MR) is 26.8 cm³/mol. The molecule has 1 nitrogen and oxygen atoms in total. The maximum atomic E-state index is 11.2. The Hall–Kier alpha value is -0.110. The van der Waals surface area contributed by atoms with Crippen LogP contribution in [-0.4, -0.2) is 20.4 Å². The van der Waals surface area contributed by atoms with Gasteiger partial charge < -0.3 is 4.74 Å². The molecule has 0 rings (SSSR count). The Bertz CT molecular complexity index is 27.3. The zero-order valence-corrected chi connectivity index (χ0v) is 4.48. The molecule has 0 aromatic carbocycles. The minimum atomic E-state index is -0.274. The Morgan fingerprint density at radius 2 is 2.43 bits per heavy atom. The first-order chi connectivity index (χ1) is 3.41. The summed E-state index contributed by atoms with van der Waals surface area (Å²) in [5.41, 5.74) is 0. The van der Waals surface area contributed by atoms with E-state index in [9.17, 15) is 4.39 Å². The van der Waals surface area contributed by atoms with Crippen LogP contribution in [-0.2, 0) is 4.74 Å². The first-order valence-corrected chi connectivity index (χ1v) is 2.28. The van der Waals surface area contributed by atoms with E-state index in [4.69, 9.17) is 0 Å². The molecule has 0 bridgehead atoms. The average Bonchev–Trinajstić information content (AvgIpc) is 1.69. The number of hydrogen-bond donors (Lipinski definition) is 0. The number of unbranched alkanes of at least 4 members (excludes halogenated alkanes) is 1. The normalized spacial score (nSPS) is 9.43. The molecule has 0 fully saturated rings. The maximum Gasteiger partial charge on any atom is 0.0898 e. The lowest BCUT2D eigenvalue weighted by molar-refractivity contribution is 0.218. The molecule has 0 atom stereocenters. The smallest absolute Gasteiger partial charge is 0.0898 e. The largest absolute Gasteiger partial charge is 0.384 e. The second-order valence-electron chi connectivity index (χ2n) is 1.22. The van der Waals surface area contributed by atoms with Gasteiger partial charge in [0.25, 0.3) is 0 Å². The van der Waals surface area contributed by atoms with E-state index in [2.05, 4.69) is 4.74 Å². The minimum absolute atomic E-state index is 0.274. The van der Waals surface area contributed by atoms with Gasteiger partial charge >= 0.3 is 0 Å². The van der Waals surface area contributed by atoms with Gasteiger partial charge in [-0.1, -0.05) is 0 Å². The molecule has 0 N–H and O–H groups in total. The molecule has 7 heavy (non-hydrogen) atoms. The highest BCUT2D eigenvalue weighted by Gasteiger charge is 1.82. The molecule has 0 aromatic heterocycles. The van der Waals surface area contributed by atoms with Crippen molar-refractivity contribution in [2.45, 2.75) is 6.42 Å². The Morgan fingerprint density at radius 1 is 1.71 bits per heavy atom. The van der Waals surface area contributed by atoms with Crippen LogP contribution in [0.4, 0.5) is 4.39 Å². The van der Waals surface area contributed by atoms with Crippen LogP contribution in [0.5, 0.6) is 0 Å². The standard InChI is InChI=1S/C5H10FO/c1-7-5-3-2-4-6/h3H,2,4-5H2,1H3. The molecule has 0 aliphatic carbocycles. The predicted octanol–water partition coefficient (Wildman–Crippen LogP) is 1.20. The van der Waals surface area contributed by atoms with E-state index in [0.29, 0.717) is 13.0 Å². The SMILES string of the molecule is COC[CH]CCF. The first kappa shape index (κ1) is 6.89. The van der Waals surface area contributed by atoms with Crippen LogP contribution in [0.15, 0.2) is 0 Å². The number of hydrogen-bond acceptors (Lipinski definition) is 1. The number of halogens is 1. The fourth-order valence-electron chi connectivity index (χ4n) is 0.278. The zero-order valence-electron chi connectivity index (χ0n) is 4.48. The first-order valence-electron chi connectivity index (χ1n) is 2.28. The van der Waals surface area contributed by atoms with Gasteiger partial charge in [0.2, 0.25) is 0 Å². The van der Waals surface area contributed by atoms with E-state index in [1.54, 1.807) is 13.5 Å². The van der Waals surface area contributed by atoms with Gasteiger partial charge in [0.15, 0.2) is 0 Å². The molecule has 43 valence electrons. The molecule has 0 saturated carbocycles. The second-order valence-corrected chi connectivity index (χ2v) is 1.22. The summed E-state index contributed by atoms with van der Waals surface area (Å²) in [6.07, 6.45) is 2.27. The Kier molecular flexibility index (Phi) is 5.80. The van der Waals surface area contributed by atoms with Gasteiger partial charge in [-0.15, -0.1) is 0 Å². The summed E-state index contributed by atoms with van der Waals surface area (Å²) in [5, 5.41) is 0. The van der Waals surface area contributed by atoms with Gasteiger partial charge in [0.1, 0.15) is 0 Å². The van der Waals surface area contributed by atoms with Gasteiger partial charge in [-0.2, -0.15) is 0 Å². The Morgan fingerprint density at radius 3 is 2.86 bits per heavy atom.